The molecule has 7 heteroatoms. The van der Waals surface area contributed by atoms with Crippen molar-refractivity contribution in [3.05, 3.63) is 59.1 Å². The summed E-state index contributed by atoms with van der Waals surface area (Å²) < 4.78 is 0. The van der Waals surface area contributed by atoms with Crippen LogP contribution in [0, 0.1) is 5.92 Å². The number of benzene rings is 2. The summed E-state index contributed by atoms with van der Waals surface area (Å²) in [6.07, 6.45) is 0.414. The van der Waals surface area contributed by atoms with E-state index in [1.165, 1.54) is 4.90 Å². The van der Waals surface area contributed by atoms with Gasteiger partial charge in [-0.05, 0) is 42.8 Å². The Balaban J connectivity index is 1.75. The first kappa shape index (κ1) is 18.9. The molecule has 2 aromatic rings. The molecule has 27 heavy (non-hydrogen) atoms. The van der Waals surface area contributed by atoms with Gasteiger partial charge < -0.3 is 15.1 Å². The van der Waals surface area contributed by atoms with E-state index in [4.69, 9.17) is 11.6 Å². The molecule has 0 aliphatic carbocycles. The summed E-state index contributed by atoms with van der Waals surface area (Å²) in [6.45, 7) is 0.455. The van der Waals surface area contributed by atoms with E-state index >= 15 is 0 Å². The fourth-order valence-electron chi connectivity index (χ4n) is 3.04. The smallest absolute Gasteiger partial charge is 0.255 e. The number of nitrogens with zero attached hydrogens (tertiary/aromatic N) is 2. The fraction of sp³-hybridized carbons (Fsp3) is 0.250. The van der Waals surface area contributed by atoms with Crippen LogP contribution in [-0.2, 0) is 9.59 Å². The minimum absolute atomic E-state index is 0.216. The zero-order valence-electron chi connectivity index (χ0n) is 15.1. The van der Waals surface area contributed by atoms with Gasteiger partial charge in [0.1, 0.15) is 5.92 Å². The summed E-state index contributed by atoms with van der Waals surface area (Å²) in [4.78, 5) is 40.7. The van der Waals surface area contributed by atoms with Gasteiger partial charge in [-0.15, -0.1) is 0 Å². The van der Waals surface area contributed by atoms with Gasteiger partial charge in [0.2, 0.25) is 11.8 Å². The molecule has 1 heterocycles. The summed E-state index contributed by atoms with van der Waals surface area (Å²) in [7, 11) is 3.29. The van der Waals surface area contributed by atoms with Gasteiger partial charge >= 0.3 is 0 Å². The molecular formula is C20H20ClN3O3. The minimum Gasteiger partial charge on any atom is -0.345 e. The van der Waals surface area contributed by atoms with Crippen LogP contribution in [0.4, 0.5) is 11.4 Å². The Kier molecular flexibility index (Phi) is 5.46. The number of para-hydroxylation sites is 1. The van der Waals surface area contributed by atoms with Crippen LogP contribution in [0.2, 0.25) is 5.02 Å². The highest BCUT2D eigenvalue weighted by molar-refractivity contribution is 6.30. The predicted molar refractivity (Wildman–Crippen MR) is 105 cm³/mol. The fourth-order valence-corrected chi connectivity index (χ4v) is 3.17. The Morgan fingerprint density at radius 1 is 1.11 bits per heavy atom. The van der Waals surface area contributed by atoms with E-state index in [0.717, 1.165) is 0 Å². The summed E-state index contributed by atoms with van der Waals surface area (Å²) >= 11 is 5.89. The Morgan fingerprint density at radius 2 is 1.78 bits per heavy atom. The molecule has 1 N–H and O–H groups in total. The monoisotopic (exact) mass is 385 g/mol. The standard InChI is InChI=1S/C20H20ClN3O3/c1-23(2)19(26)15-5-3-4-6-17(15)22-18(25)16-11-12-24(20(16)27)14-9-7-13(21)8-10-14/h3-10,16H,11-12H2,1-2H3,(H,22,25). The van der Waals surface area contributed by atoms with E-state index < -0.39 is 11.8 Å². The zero-order chi connectivity index (χ0) is 19.6. The highest BCUT2D eigenvalue weighted by Crippen LogP contribution is 2.28. The van der Waals surface area contributed by atoms with E-state index in [0.29, 0.717) is 34.9 Å². The lowest BCUT2D eigenvalue weighted by Gasteiger charge is -2.18. The average Bonchev–Trinajstić information content (AvgIpc) is 3.03. The average molecular weight is 386 g/mol. The lowest BCUT2D eigenvalue weighted by molar-refractivity contribution is -0.129. The lowest BCUT2D eigenvalue weighted by Crippen LogP contribution is -2.33. The molecule has 1 saturated heterocycles. The number of hydrogen-bond donors (Lipinski definition) is 1. The first-order chi connectivity index (χ1) is 12.9. The van der Waals surface area contributed by atoms with Crippen molar-refractivity contribution in [3.63, 3.8) is 0 Å². The van der Waals surface area contributed by atoms with Crippen LogP contribution in [0.25, 0.3) is 0 Å². The largest absolute Gasteiger partial charge is 0.345 e. The summed E-state index contributed by atoms with van der Waals surface area (Å²) in [5.74, 6) is -1.67. The predicted octanol–water partition coefficient (Wildman–Crippen LogP) is 3.03. The second kappa shape index (κ2) is 7.80. The van der Waals surface area contributed by atoms with Gasteiger partial charge in [-0.2, -0.15) is 0 Å². The van der Waals surface area contributed by atoms with Crippen molar-refractivity contribution in [1.29, 1.82) is 0 Å². The van der Waals surface area contributed by atoms with Crippen molar-refractivity contribution in [2.45, 2.75) is 6.42 Å². The quantitative estimate of drug-likeness (QED) is 0.822. The van der Waals surface area contributed by atoms with Gasteiger partial charge in [0.05, 0.1) is 11.3 Å². The number of rotatable bonds is 4. The van der Waals surface area contributed by atoms with Crippen molar-refractivity contribution >= 4 is 40.7 Å². The second-order valence-corrected chi connectivity index (χ2v) is 6.98. The number of hydrogen-bond acceptors (Lipinski definition) is 3. The first-order valence-electron chi connectivity index (χ1n) is 8.57. The number of anilines is 2. The Hall–Kier alpha value is -2.86. The zero-order valence-corrected chi connectivity index (χ0v) is 15.9. The van der Waals surface area contributed by atoms with Gasteiger partial charge in [0.25, 0.3) is 5.91 Å². The molecule has 1 unspecified atom stereocenters. The Bertz CT molecular complexity index is 880. The second-order valence-electron chi connectivity index (χ2n) is 6.54. The molecule has 2 aromatic carbocycles. The van der Waals surface area contributed by atoms with Gasteiger partial charge in [0, 0.05) is 31.4 Å². The molecular weight excluding hydrogens is 366 g/mol. The van der Waals surface area contributed by atoms with Crippen LogP contribution < -0.4 is 10.2 Å². The molecule has 1 aliphatic heterocycles. The van der Waals surface area contributed by atoms with Crippen LogP contribution in [0.15, 0.2) is 48.5 Å². The topological polar surface area (TPSA) is 69.7 Å². The highest BCUT2D eigenvalue weighted by atomic mass is 35.5. The molecule has 0 bridgehead atoms. The van der Waals surface area contributed by atoms with Crippen molar-refractivity contribution in [2.24, 2.45) is 5.92 Å². The molecule has 140 valence electrons. The van der Waals surface area contributed by atoms with Crippen LogP contribution in [0.1, 0.15) is 16.8 Å². The number of nitrogens with one attached hydrogen (secondary N) is 1. The summed E-state index contributed by atoms with van der Waals surface area (Å²) in [5.41, 5.74) is 1.50. The molecule has 1 atom stereocenters. The summed E-state index contributed by atoms with van der Waals surface area (Å²) in [6, 6.07) is 13.7. The van der Waals surface area contributed by atoms with E-state index in [9.17, 15) is 14.4 Å². The maximum Gasteiger partial charge on any atom is 0.255 e. The number of halogens is 1. The third kappa shape index (κ3) is 3.95. The van der Waals surface area contributed by atoms with Crippen LogP contribution in [0.5, 0.6) is 0 Å². The minimum atomic E-state index is -0.789. The molecule has 0 saturated carbocycles. The van der Waals surface area contributed by atoms with Gasteiger partial charge in [0.15, 0.2) is 0 Å². The number of carbonyl (C=O) groups is 3. The molecule has 1 fully saturated rings. The molecule has 3 amide bonds. The van der Waals surface area contributed by atoms with E-state index in [-0.39, 0.29) is 11.8 Å². The molecule has 3 rings (SSSR count). The van der Waals surface area contributed by atoms with Crippen molar-refractivity contribution in [3.8, 4) is 0 Å². The van der Waals surface area contributed by atoms with Crippen molar-refractivity contribution < 1.29 is 14.4 Å². The van der Waals surface area contributed by atoms with Gasteiger partial charge in [-0.3, -0.25) is 14.4 Å². The summed E-state index contributed by atoms with van der Waals surface area (Å²) in [5, 5.41) is 3.33. The SMILES string of the molecule is CN(C)C(=O)c1ccccc1NC(=O)C1CCN(c2ccc(Cl)cc2)C1=O. The van der Waals surface area contributed by atoms with E-state index in [1.54, 1.807) is 67.5 Å². The maximum atomic E-state index is 12.7. The Labute approximate surface area is 162 Å². The molecule has 0 radical (unpaired) electrons. The molecule has 1 aliphatic rings. The van der Waals surface area contributed by atoms with Crippen LogP contribution >= 0.6 is 11.6 Å². The number of carbonyl (C=O) groups excluding carboxylic acids is 3. The van der Waals surface area contributed by atoms with Gasteiger partial charge in [-0.1, -0.05) is 23.7 Å². The third-order valence-corrected chi connectivity index (χ3v) is 4.73. The Morgan fingerprint density at radius 3 is 2.44 bits per heavy atom. The van der Waals surface area contributed by atoms with E-state index in [1.807, 2.05) is 0 Å². The van der Waals surface area contributed by atoms with Gasteiger partial charge in [-0.25, -0.2) is 0 Å². The molecule has 0 aromatic heterocycles. The highest BCUT2D eigenvalue weighted by Gasteiger charge is 2.37. The number of amides is 3. The first-order valence-corrected chi connectivity index (χ1v) is 8.95. The molecule has 0 spiro atoms. The molecule has 6 nitrogen and oxygen atoms in total. The van der Waals surface area contributed by atoms with Crippen molar-refractivity contribution in [2.75, 3.05) is 30.9 Å². The van der Waals surface area contributed by atoms with E-state index in [2.05, 4.69) is 5.32 Å². The van der Waals surface area contributed by atoms with Crippen LogP contribution in [-0.4, -0.2) is 43.3 Å². The van der Waals surface area contributed by atoms with Crippen LogP contribution in [0.3, 0.4) is 0 Å². The lowest BCUT2D eigenvalue weighted by atomic mass is 10.1. The van der Waals surface area contributed by atoms with Crippen molar-refractivity contribution in [1.82, 2.24) is 4.90 Å². The maximum absolute atomic E-state index is 12.7. The normalized spacial score (nSPS) is 16.3. The third-order valence-electron chi connectivity index (χ3n) is 4.48.